The molecule has 0 radical (unpaired) electrons. The van der Waals surface area contributed by atoms with E-state index < -0.39 is 11.6 Å². The number of aliphatic hydroxyl groups is 1. The minimum atomic E-state index is -1.19. The summed E-state index contributed by atoms with van der Waals surface area (Å²) in [6.07, 6.45) is 1.95. The Balaban J connectivity index is 1.82. The van der Waals surface area contributed by atoms with Crippen LogP contribution < -0.4 is 0 Å². The molecule has 136 valence electrons. The summed E-state index contributed by atoms with van der Waals surface area (Å²) in [5.41, 5.74) is 0.405. The van der Waals surface area contributed by atoms with Crippen LogP contribution in [-0.4, -0.2) is 39.7 Å². The van der Waals surface area contributed by atoms with Crippen molar-refractivity contribution in [1.29, 1.82) is 0 Å². The van der Waals surface area contributed by atoms with Gasteiger partial charge in [0.2, 0.25) is 0 Å². The van der Waals surface area contributed by atoms with Crippen molar-refractivity contribution in [3.63, 3.8) is 0 Å². The zero-order chi connectivity index (χ0) is 18.1. The zero-order valence-corrected chi connectivity index (χ0v) is 15.1. The fourth-order valence-corrected chi connectivity index (χ4v) is 5.00. The lowest BCUT2D eigenvalue weighted by Crippen LogP contribution is -2.52. The Bertz CT molecular complexity index is 764. The molecule has 2 aromatic carbocycles. The van der Waals surface area contributed by atoms with E-state index in [1.807, 2.05) is 4.90 Å². The molecule has 1 fully saturated rings. The molecule has 2 aromatic rings. The summed E-state index contributed by atoms with van der Waals surface area (Å²) in [6, 6.07) is 12.4. The fraction of sp³-hybridized carbons (Fsp3) is 0.350. The lowest BCUT2D eigenvalue weighted by atomic mass is 9.82. The van der Waals surface area contributed by atoms with Crippen molar-refractivity contribution in [1.82, 2.24) is 4.90 Å². The van der Waals surface area contributed by atoms with Gasteiger partial charge in [0.05, 0.1) is 5.92 Å². The first-order valence-corrected chi connectivity index (χ1v) is 9.75. The zero-order valence-electron chi connectivity index (χ0n) is 14.2. The van der Waals surface area contributed by atoms with E-state index in [0.29, 0.717) is 5.75 Å². The third-order valence-electron chi connectivity index (χ3n) is 5.02. The summed E-state index contributed by atoms with van der Waals surface area (Å²) in [6.45, 7) is 1.49. The van der Waals surface area contributed by atoms with E-state index in [1.165, 1.54) is 24.3 Å². The van der Waals surface area contributed by atoms with Gasteiger partial charge in [-0.05, 0) is 48.2 Å². The van der Waals surface area contributed by atoms with E-state index in [1.54, 1.807) is 36.0 Å². The molecule has 1 saturated heterocycles. The molecule has 1 atom stereocenters. The summed E-state index contributed by atoms with van der Waals surface area (Å²) >= 11 is 1.55. The van der Waals surface area contributed by atoms with Gasteiger partial charge in [-0.25, -0.2) is 8.78 Å². The summed E-state index contributed by atoms with van der Waals surface area (Å²) in [5.74, 6) is -0.611. The Hall–Kier alpha value is -1.92. The van der Waals surface area contributed by atoms with Crippen molar-refractivity contribution in [2.24, 2.45) is 4.99 Å². The number of rotatable bonds is 3. The Morgan fingerprint density at radius 2 is 1.54 bits per heavy atom. The minimum Gasteiger partial charge on any atom is -0.369 e. The maximum atomic E-state index is 13.5. The van der Waals surface area contributed by atoms with Crippen LogP contribution in [0.25, 0.3) is 0 Å². The third kappa shape index (κ3) is 3.12. The van der Waals surface area contributed by atoms with Crippen LogP contribution in [0.15, 0.2) is 53.5 Å². The number of hydrogen-bond acceptors (Lipinski definition) is 4. The standard InChI is InChI=1S/C20H20F2N2OS/c21-16-7-3-14(4-8-16)18(15-5-9-17(22)10-6-15)20(25)13-26-19-23-11-1-2-12-24(19)20/h3-10,18,25H,1-2,11-13H2. The van der Waals surface area contributed by atoms with Crippen molar-refractivity contribution >= 4 is 16.9 Å². The van der Waals surface area contributed by atoms with E-state index in [4.69, 9.17) is 0 Å². The molecule has 2 heterocycles. The quantitative estimate of drug-likeness (QED) is 0.883. The lowest BCUT2D eigenvalue weighted by Gasteiger charge is -2.40. The number of fused-ring (bicyclic) bond motifs is 1. The second kappa shape index (κ2) is 7.00. The van der Waals surface area contributed by atoms with Gasteiger partial charge in [-0.15, -0.1) is 0 Å². The van der Waals surface area contributed by atoms with Gasteiger partial charge in [0, 0.05) is 18.8 Å². The van der Waals surface area contributed by atoms with Crippen molar-refractivity contribution in [3.05, 3.63) is 71.3 Å². The molecule has 0 aromatic heterocycles. The predicted molar refractivity (Wildman–Crippen MR) is 100 cm³/mol. The van der Waals surface area contributed by atoms with Gasteiger partial charge in [0.25, 0.3) is 0 Å². The second-order valence-corrected chi connectivity index (χ2v) is 7.67. The largest absolute Gasteiger partial charge is 0.369 e. The fourth-order valence-electron chi connectivity index (χ4n) is 3.74. The molecule has 6 heteroatoms. The van der Waals surface area contributed by atoms with Crippen LogP contribution >= 0.6 is 11.8 Å². The summed E-state index contributed by atoms with van der Waals surface area (Å²) < 4.78 is 26.9. The Kier molecular flexibility index (Phi) is 4.71. The van der Waals surface area contributed by atoms with Gasteiger partial charge in [-0.1, -0.05) is 36.0 Å². The maximum Gasteiger partial charge on any atom is 0.161 e. The van der Waals surface area contributed by atoms with E-state index in [9.17, 15) is 13.9 Å². The van der Waals surface area contributed by atoms with E-state index in [0.717, 1.165) is 42.2 Å². The number of nitrogens with zero attached hydrogens (tertiary/aromatic N) is 2. The molecule has 3 nitrogen and oxygen atoms in total. The van der Waals surface area contributed by atoms with Crippen LogP contribution in [0.1, 0.15) is 29.9 Å². The molecule has 2 aliphatic heterocycles. The first kappa shape index (κ1) is 17.5. The molecule has 26 heavy (non-hydrogen) atoms. The maximum absolute atomic E-state index is 13.5. The molecule has 1 unspecified atom stereocenters. The van der Waals surface area contributed by atoms with Crippen molar-refractivity contribution in [3.8, 4) is 0 Å². The van der Waals surface area contributed by atoms with E-state index in [-0.39, 0.29) is 11.6 Å². The smallest absolute Gasteiger partial charge is 0.161 e. The predicted octanol–water partition coefficient (Wildman–Crippen LogP) is 3.98. The molecule has 0 bridgehead atoms. The van der Waals surface area contributed by atoms with Gasteiger partial charge in [-0.3, -0.25) is 4.99 Å². The van der Waals surface area contributed by atoms with E-state index in [2.05, 4.69) is 4.99 Å². The number of halogens is 2. The molecule has 1 N–H and O–H groups in total. The highest BCUT2D eigenvalue weighted by atomic mass is 32.2. The van der Waals surface area contributed by atoms with Gasteiger partial charge in [0.15, 0.2) is 10.9 Å². The topological polar surface area (TPSA) is 35.8 Å². The molecular weight excluding hydrogens is 354 g/mol. The number of aliphatic imine (C=N–C) groups is 1. The van der Waals surface area contributed by atoms with Crippen LogP contribution in [0.4, 0.5) is 8.78 Å². The number of thioether (sulfide) groups is 1. The SMILES string of the molecule is OC1(C(c2ccc(F)cc2)c2ccc(F)cc2)CSC2=NCCCCN21. The van der Waals surface area contributed by atoms with Gasteiger partial charge >= 0.3 is 0 Å². The Morgan fingerprint density at radius 1 is 0.962 bits per heavy atom. The average molecular weight is 374 g/mol. The molecule has 0 aliphatic carbocycles. The molecular formula is C20H20F2N2OS. The highest BCUT2D eigenvalue weighted by Crippen LogP contribution is 2.45. The minimum absolute atomic E-state index is 0.323. The monoisotopic (exact) mass is 374 g/mol. The Morgan fingerprint density at radius 3 is 2.12 bits per heavy atom. The summed E-state index contributed by atoms with van der Waals surface area (Å²) in [4.78, 5) is 6.58. The molecule has 4 rings (SSSR count). The van der Waals surface area contributed by atoms with Crippen LogP contribution in [0.2, 0.25) is 0 Å². The van der Waals surface area contributed by atoms with Crippen LogP contribution in [0.3, 0.4) is 0 Å². The first-order valence-electron chi connectivity index (χ1n) is 8.76. The van der Waals surface area contributed by atoms with Gasteiger partial charge in [0.1, 0.15) is 11.6 Å². The lowest BCUT2D eigenvalue weighted by molar-refractivity contribution is -0.0552. The number of hydrogen-bond donors (Lipinski definition) is 1. The van der Waals surface area contributed by atoms with E-state index >= 15 is 0 Å². The van der Waals surface area contributed by atoms with Crippen molar-refractivity contribution in [2.45, 2.75) is 24.5 Å². The average Bonchev–Trinajstić information content (AvgIpc) is 2.82. The van der Waals surface area contributed by atoms with Crippen LogP contribution in [0, 0.1) is 11.6 Å². The number of benzene rings is 2. The second-order valence-electron chi connectivity index (χ2n) is 6.73. The third-order valence-corrected chi connectivity index (χ3v) is 6.19. The van der Waals surface area contributed by atoms with Gasteiger partial charge in [-0.2, -0.15) is 0 Å². The van der Waals surface area contributed by atoms with Crippen molar-refractivity contribution in [2.75, 3.05) is 18.8 Å². The highest BCUT2D eigenvalue weighted by molar-refractivity contribution is 8.14. The number of amidine groups is 1. The molecule has 0 amide bonds. The van der Waals surface area contributed by atoms with Gasteiger partial charge < -0.3 is 10.0 Å². The summed E-state index contributed by atoms with van der Waals surface area (Å²) in [5, 5.41) is 12.6. The van der Waals surface area contributed by atoms with Crippen LogP contribution in [-0.2, 0) is 0 Å². The molecule has 0 spiro atoms. The summed E-state index contributed by atoms with van der Waals surface area (Å²) in [7, 11) is 0. The normalized spacial score (nSPS) is 22.9. The molecule has 2 aliphatic rings. The molecule has 0 saturated carbocycles. The Labute approximate surface area is 155 Å². The highest BCUT2D eigenvalue weighted by Gasteiger charge is 2.50. The first-order chi connectivity index (χ1) is 12.6. The van der Waals surface area contributed by atoms with Crippen molar-refractivity contribution < 1.29 is 13.9 Å². The van der Waals surface area contributed by atoms with Crippen LogP contribution in [0.5, 0.6) is 0 Å².